The molecule has 1 N–H and O–H groups in total. The van der Waals surface area contributed by atoms with E-state index in [0.717, 1.165) is 0 Å². The second-order valence-corrected chi connectivity index (χ2v) is 5.67. The Morgan fingerprint density at radius 3 is 2.56 bits per heavy atom. The number of rotatable bonds is 8. The van der Waals surface area contributed by atoms with Gasteiger partial charge in [0.1, 0.15) is 5.82 Å². The minimum atomic E-state index is -2.95. The first-order valence-electron chi connectivity index (χ1n) is 8.31. The van der Waals surface area contributed by atoms with Crippen LogP contribution in [0.4, 0.5) is 18.0 Å². The van der Waals surface area contributed by atoms with Crippen molar-refractivity contribution in [2.75, 3.05) is 13.7 Å². The summed E-state index contributed by atoms with van der Waals surface area (Å²) in [5, 5.41) is 2.75. The molecule has 0 aliphatic rings. The summed E-state index contributed by atoms with van der Waals surface area (Å²) in [4.78, 5) is 13.9. The molecule has 0 aromatic heterocycles. The van der Waals surface area contributed by atoms with Crippen molar-refractivity contribution in [3.8, 4) is 11.5 Å². The molecule has 0 saturated heterocycles. The van der Waals surface area contributed by atoms with Gasteiger partial charge in [0, 0.05) is 19.6 Å². The predicted molar refractivity (Wildman–Crippen MR) is 94.3 cm³/mol. The van der Waals surface area contributed by atoms with Gasteiger partial charge in [-0.2, -0.15) is 8.78 Å². The van der Waals surface area contributed by atoms with Crippen LogP contribution in [-0.4, -0.2) is 31.2 Å². The molecule has 0 aliphatic heterocycles. The van der Waals surface area contributed by atoms with Gasteiger partial charge in [0.2, 0.25) is 0 Å². The van der Waals surface area contributed by atoms with Crippen molar-refractivity contribution in [3.05, 3.63) is 59.4 Å². The number of alkyl halides is 2. The molecule has 0 saturated carbocycles. The number of amides is 2. The zero-order chi connectivity index (χ0) is 19.8. The van der Waals surface area contributed by atoms with Gasteiger partial charge >= 0.3 is 12.6 Å². The second-order valence-electron chi connectivity index (χ2n) is 5.67. The summed E-state index contributed by atoms with van der Waals surface area (Å²) >= 11 is 0. The minimum absolute atomic E-state index is 0.0798. The Morgan fingerprint density at radius 2 is 1.93 bits per heavy atom. The van der Waals surface area contributed by atoms with E-state index < -0.39 is 6.61 Å². The first kappa shape index (κ1) is 20.4. The van der Waals surface area contributed by atoms with Crippen LogP contribution in [0.15, 0.2) is 42.5 Å². The number of nitrogens with zero attached hydrogens (tertiary/aromatic N) is 1. The van der Waals surface area contributed by atoms with E-state index in [9.17, 15) is 18.0 Å². The number of methoxy groups -OCH3 is 1. The molecule has 5 nitrogen and oxygen atoms in total. The minimum Gasteiger partial charge on any atom is -0.493 e. The molecule has 2 aromatic carbocycles. The van der Waals surface area contributed by atoms with Crippen molar-refractivity contribution in [3.63, 3.8) is 0 Å². The van der Waals surface area contributed by atoms with Gasteiger partial charge in [0.25, 0.3) is 0 Å². The van der Waals surface area contributed by atoms with Gasteiger partial charge in [0.15, 0.2) is 11.5 Å². The molecule has 0 heterocycles. The molecule has 27 heavy (non-hydrogen) atoms. The lowest BCUT2D eigenvalue weighted by Gasteiger charge is -2.22. The lowest BCUT2D eigenvalue weighted by molar-refractivity contribution is -0.0512. The van der Waals surface area contributed by atoms with E-state index in [0.29, 0.717) is 17.7 Å². The fourth-order valence-corrected chi connectivity index (χ4v) is 2.49. The molecule has 0 unspecified atom stereocenters. The van der Waals surface area contributed by atoms with Crippen molar-refractivity contribution >= 4 is 6.03 Å². The number of carbonyl (C=O) groups excluding carboxylic acids is 1. The number of urea groups is 1. The van der Waals surface area contributed by atoms with E-state index in [-0.39, 0.29) is 36.4 Å². The molecule has 2 aromatic rings. The summed E-state index contributed by atoms with van der Waals surface area (Å²) < 4.78 is 47.4. The topological polar surface area (TPSA) is 50.8 Å². The molecule has 0 atom stereocenters. The molecular formula is C19H21F3N2O3. The van der Waals surface area contributed by atoms with Gasteiger partial charge in [-0.3, -0.25) is 0 Å². The number of hydrogen-bond acceptors (Lipinski definition) is 3. The van der Waals surface area contributed by atoms with E-state index in [1.807, 2.05) is 6.92 Å². The van der Waals surface area contributed by atoms with Crippen LogP contribution in [-0.2, 0) is 13.1 Å². The second kappa shape index (κ2) is 9.70. The Labute approximate surface area is 155 Å². The Balaban J connectivity index is 1.98. The van der Waals surface area contributed by atoms with E-state index in [4.69, 9.17) is 4.74 Å². The quantitative estimate of drug-likeness (QED) is 0.746. The average molecular weight is 382 g/mol. The summed E-state index contributed by atoms with van der Waals surface area (Å²) in [6, 6.07) is 10.2. The van der Waals surface area contributed by atoms with Crippen LogP contribution in [0.25, 0.3) is 0 Å². The van der Waals surface area contributed by atoms with E-state index in [2.05, 4.69) is 10.1 Å². The van der Waals surface area contributed by atoms with Crippen molar-refractivity contribution in [1.82, 2.24) is 10.2 Å². The highest BCUT2D eigenvalue weighted by molar-refractivity contribution is 5.74. The maximum atomic E-state index is 13.3. The van der Waals surface area contributed by atoms with Crippen molar-refractivity contribution in [2.24, 2.45) is 0 Å². The Morgan fingerprint density at radius 1 is 1.15 bits per heavy atom. The number of nitrogens with one attached hydrogen (secondary N) is 1. The van der Waals surface area contributed by atoms with E-state index in [1.54, 1.807) is 18.2 Å². The molecule has 2 amide bonds. The highest BCUT2D eigenvalue weighted by Crippen LogP contribution is 2.29. The molecule has 8 heteroatoms. The number of ether oxygens (including phenoxy) is 2. The third-order valence-corrected chi connectivity index (χ3v) is 3.82. The number of carbonyl (C=O) groups is 1. The van der Waals surface area contributed by atoms with E-state index >= 15 is 0 Å². The van der Waals surface area contributed by atoms with Gasteiger partial charge in [0.05, 0.1) is 7.11 Å². The van der Waals surface area contributed by atoms with Crippen molar-refractivity contribution < 1.29 is 27.4 Å². The molecular weight excluding hydrogens is 361 g/mol. The Hall–Kier alpha value is -2.90. The Bertz CT molecular complexity index is 772. The van der Waals surface area contributed by atoms with Crippen LogP contribution < -0.4 is 14.8 Å². The molecule has 146 valence electrons. The summed E-state index contributed by atoms with van der Waals surface area (Å²) in [6.07, 6.45) is 0. The zero-order valence-electron chi connectivity index (χ0n) is 15.0. The Kier molecular flexibility index (Phi) is 7.34. The first-order chi connectivity index (χ1) is 12.9. The lowest BCUT2D eigenvalue weighted by atomic mass is 10.2. The van der Waals surface area contributed by atoms with Crippen LogP contribution in [0.3, 0.4) is 0 Å². The average Bonchev–Trinajstić information content (AvgIpc) is 2.64. The molecule has 0 spiro atoms. The van der Waals surface area contributed by atoms with Crippen LogP contribution in [0.5, 0.6) is 11.5 Å². The van der Waals surface area contributed by atoms with Crippen LogP contribution in [0.1, 0.15) is 18.1 Å². The molecule has 0 radical (unpaired) electrons. The highest BCUT2D eigenvalue weighted by Gasteiger charge is 2.14. The standard InChI is InChI=1S/C19H21F3N2O3/c1-3-24(12-14-5-4-6-15(20)9-14)19(25)23-11-13-7-8-16(27-18(21)22)17(10-13)26-2/h4-10,18H,3,11-12H2,1-2H3,(H,23,25). The molecule has 0 aliphatic carbocycles. The zero-order valence-corrected chi connectivity index (χ0v) is 15.0. The fraction of sp³-hybridized carbons (Fsp3) is 0.316. The molecule has 0 bridgehead atoms. The maximum Gasteiger partial charge on any atom is 0.387 e. The highest BCUT2D eigenvalue weighted by atomic mass is 19.3. The van der Waals surface area contributed by atoms with Gasteiger partial charge in [-0.05, 0) is 42.3 Å². The molecule has 2 rings (SSSR count). The van der Waals surface area contributed by atoms with Gasteiger partial charge in [-0.1, -0.05) is 18.2 Å². The van der Waals surface area contributed by atoms with Crippen LogP contribution in [0.2, 0.25) is 0 Å². The van der Waals surface area contributed by atoms with Gasteiger partial charge in [-0.15, -0.1) is 0 Å². The smallest absolute Gasteiger partial charge is 0.387 e. The summed E-state index contributed by atoms with van der Waals surface area (Å²) in [6.45, 7) is -0.259. The summed E-state index contributed by atoms with van der Waals surface area (Å²) in [5.41, 5.74) is 1.34. The SMILES string of the molecule is CCN(Cc1cccc(F)c1)C(=O)NCc1ccc(OC(F)F)c(OC)c1. The summed E-state index contributed by atoms with van der Waals surface area (Å²) in [5.74, 6) is -0.291. The monoisotopic (exact) mass is 382 g/mol. The summed E-state index contributed by atoms with van der Waals surface area (Å²) in [7, 11) is 1.34. The van der Waals surface area contributed by atoms with Crippen molar-refractivity contribution in [1.29, 1.82) is 0 Å². The lowest BCUT2D eigenvalue weighted by Crippen LogP contribution is -2.39. The van der Waals surface area contributed by atoms with Gasteiger partial charge < -0.3 is 19.7 Å². The number of benzene rings is 2. The predicted octanol–water partition coefficient (Wildman–Crippen LogP) is 4.17. The van der Waals surface area contributed by atoms with Crippen LogP contribution in [0, 0.1) is 5.82 Å². The third-order valence-electron chi connectivity index (χ3n) is 3.82. The first-order valence-corrected chi connectivity index (χ1v) is 8.31. The molecule has 0 fully saturated rings. The van der Waals surface area contributed by atoms with Crippen LogP contribution >= 0.6 is 0 Å². The normalized spacial score (nSPS) is 10.6. The van der Waals surface area contributed by atoms with E-state index in [1.165, 1.54) is 36.3 Å². The number of hydrogen-bond donors (Lipinski definition) is 1. The van der Waals surface area contributed by atoms with Gasteiger partial charge in [-0.25, -0.2) is 9.18 Å². The number of halogens is 3. The third kappa shape index (κ3) is 6.09. The largest absolute Gasteiger partial charge is 0.493 e. The van der Waals surface area contributed by atoms with Crippen molar-refractivity contribution in [2.45, 2.75) is 26.6 Å². The fourth-order valence-electron chi connectivity index (χ4n) is 2.49. The maximum absolute atomic E-state index is 13.3.